The van der Waals surface area contributed by atoms with Crippen LogP contribution < -0.4 is 10.6 Å². The fraction of sp³-hybridized carbons (Fsp3) is 0.500. The zero-order chi connectivity index (χ0) is 23.0. The molecule has 2 aliphatic rings. The van der Waals surface area contributed by atoms with Crippen molar-refractivity contribution in [3.63, 3.8) is 0 Å². The minimum atomic E-state index is -0.606. The Morgan fingerprint density at radius 3 is 2.33 bits per heavy atom. The first-order chi connectivity index (χ1) is 16.1. The molecule has 5 nitrogen and oxygen atoms in total. The Balaban J connectivity index is 1.20. The molecule has 1 saturated heterocycles. The number of amides is 1. The van der Waals surface area contributed by atoms with Crippen molar-refractivity contribution in [1.82, 2.24) is 4.90 Å². The predicted molar refractivity (Wildman–Crippen MR) is 133 cm³/mol. The Morgan fingerprint density at radius 2 is 1.67 bits per heavy atom. The third kappa shape index (κ3) is 6.36. The number of benzene rings is 2. The van der Waals surface area contributed by atoms with E-state index in [2.05, 4.69) is 70.5 Å². The number of nitrogens with two attached hydrogens (primary N) is 1. The van der Waals surface area contributed by atoms with Crippen LogP contribution >= 0.6 is 0 Å². The van der Waals surface area contributed by atoms with Gasteiger partial charge >= 0.3 is 0 Å². The Morgan fingerprint density at radius 1 is 0.970 bits per heavy atom. The lowest BCUT2D eigenvalue weighted by atomic mass is 9.75. The molecule has 2 fully saturated rings. The van der Waals surface area contributed by atoms with Gasteiger partial charge in [0, 0.05) is 31.9 Å². The summed E-state index contributed by atoms with van der Waals surface area (Å²) in [6.45, 7) is 5.51. The number of rotatable bonds is 8. The zero-order valence-electron chi connectivity index (χ0n) is 19.5. The molecule has 0 spiro atoms. The van der Waals surface area contributed by atoms with Gasteiger partial charge in [-0.2, -0.15) is 5.26 Å². The summed E-state index contributed by atoms with van der Waals surface area (Å²) < 4.78 is 0. The molecule has 2 N–H and O–H groups in total. The highest BCUT2D eigenvalue weighted by atomic mass is 16.1. The van der Waals surface area contributed by atoms with Gasteiger partial charge in [0.05, 0.1) is 6.07 Å². The van der Waals surface area contributed by atoms with Crippen LogP contribution in [-0.2, 0) is 11.2 Å². The van der Waals surface area contributed by atoms with Gasteiger partial charge in [-0.1, -0.05) is 55.3 Å². The number of nitrogens with zero attached hydrogens (tertiary/aromatic N) is 3. The number of carbonyl (C=O) groups excluding carboxylic acids is 1. The van der Waals surface area contributed by atoms with Crippen LogP contribution in [-0.4, -0.2) is 43.5 Å². The van der Waals surface area contributed by atoms with Crippen LogP contribution in [0.5, 0.6) is 0 Å². The minimum absolute atomic E-state index is 0.157. The molecule has 1 unspecified atom stereocenters. The van der Waals surface area contributed by atoms with Gasteiger partial charge in [0.2, 0.25) is 5.91 Å². The van der Waals surface area contributed by atoms with Gasteiger partial charge in [-0.3, -0.25) is 9.69 Å². The summed E-state index contributed by atoms with van der Waals surface area (Å²) in [7, 11) is 0. The highest BCUT2D eigenvalue weighted by Gasteiger charge is 2.31. The molecule has 2 aromatic rings. The highest BCUT2D eigenvalue weighted by Crippen LogP contribution is 2.35. The predicted octanol–water partition coefficient (Wildman–Crippen LogP) is 4.22. The standard InChI is InChI=1S/C28H36N4O/c29-21-27(28(30)33)25-11-9-22(10-12-25)13-14-31-15-17-32(18-16-31)26-8-4-7-24(20-26)19-23-5-2-1-3-6-23/h1-8,20,22,25,27H,9-19H2,(H2,30,33). The molecule has 174 valence electrons. The number of carbonyl (C=O) groups is 1. The highest BCUT2D eigenvalue weighted by molar-refractivity contribution is 5.79. The molecule has 1 aliphatic carbocycles. The zero-order valence-corrected chi connectivity index (χ0v) is 19.5. The Bertz CT molecular complexity index is 938. The molecule has 1 aliphatic heterocycles. The maximum absolute atomic E-state index is 11.5. The summed E-state index contributed by atoms with van der Waals surface area (Å²) >= 11 is 0. The van der Waals surface area contributed by atoms with Crippen molar-refractivity contribution in [3.05, 3.63) is 65.7 Å². The third-order valence-corrected chi connectivity index (χ3v) is 7.56. The van der Waals surface area contributed by atoms with E-state index in [4.69, 9.17) is 5.73 Å². The summed E-state index contributed by atoms with van der Waals surface area (Å²) in [4.78, 5) is 16.6. The molecular formula is C28H36N4O. The quantitative estimate of drug-likeness (QED) is 0.662. The molecule has 0 radical (unpaired) electrons. The first-order valence-electron chi connectivity index (χ1n) is 12.4. The van der Waals surface area contributed by atoms with Gasteiger partial charge < -0.3 is 10.6 Å². The topological polar surface area (TPSA) is 73.4 Å². The molecule has 5 heteroatoms. The molecule has 4 rings (SSSR count). The van der Waals surface area contributed by atoms with Crippen molar-refractivity contribution in [2.45, 2.75) is 38.5 Å². The number of hydrogen-bond acceptors (Lipinski definition) is 4. The Labute approximate surface area is 198 Å². The molecular weight excluding hydrogens is 408 g/mol. The van der Waals surface area contributed by atoms with E-state index in [-0.39, 0.29) is 5.92 Å². The van der Waals surface area contributed by atoms with E-state index in [0.717, 1.165) is 64.8 Å². The first-order valence-corrected chi connectivity index (χ1v) is 12.4. The van der Waals surface area contributed by atoms with Crippen molar-refractivity contribution in [2.75, 3.05) is 37.6 Å². The van der Waals surface area contributed by atoms with E-state index in [1.807, 2.05) is 0 Å². The van der Waals surface area contributed by atoms with Crippen molar-refractivity contribution in [3.8, 4) is 6.07 Å². The summed E-state index contributed by atoms with van der Waals surface area (Å²) in [6.07, 6.45) is 6.34. The number of primary amides is 1. The van der Waals surface area contributed by atoms with Crippen LogP contribution in [0.4, 0.5) is 5.69 Å². The fourth-order valence-electron chi connectivity index (χ4n) is 5.50. The lowest BCUT2D eigenvalue weighted by Gasteiger charge is -2.37. The van der Waals surface area contributed by atoms with Crippen LogP contribution in [0.25, 0.3) is 0 Å². The van der Waals surface area contributed by atoms with Gasteiger partial charge in [0.1, 0.15) is 5.92 Å². The molecule has 1 amide bonds. The van der Waals surface area contributed by atoms with E-state index in [1.165, 1.54) is 23.2 Å². The van der Waals surface area contributed by atoms with Crippen molar-refractivity contribution in [2.24, 2.45) is 23.5 Å². The van der Waals surface area contributed by atoms with Gasteiger partial charge in [-0.15, -0.1) is 0 Å². The molecule has 2 aromatic carbocycles. The Hall–Kier alpha value is -2.84. The Kier molecular flexibility index (Phi) is 8.01. The largest absolute Gasteiger partial charge is 0.369 e. The summed E-state index contributed by atoms with van der Waals surface area (Å²) in [5, 5.41) is 9.21. The number of piperazine rings is 1. The second-order valence-electron chi connectivity index (χ2n) is 9.74. The average Bonchev–Trinajstić information content (AvgIpc) is 2.85. The van der Waals surface area contributed by atoms with Gasteiger partial charge in [0.15, 0.2) is 0 Å². The van der Waals surface area contributed by atoms with Gasteiger partial charge in [-0.05, 0) is 67.3 Å². The smallest absolute Gasteiger partial charge is 0.235 e. The summed E-state index contributed by atoms with van der Waals surface area (Å²) in [5.74, 6) is -0.194. The first kappa shape index (κ1) is 23.3. The number of hydrogen-bond donors (Lipinski definition) is 1. The third-order valence-electron chi connectivity index (χ3n) is 7.56. The van der Waals surface area contributed by atoms with E-state index in [0.29, 0.717) is 5.92 Å². The molecule has 0 bridgehead atoms. The van der Waals surface area contributed by atoms with Crippen molar-refractivity contribution < 1.29 is 4.79 Å². The minimum Gasteiger partial charge on any atom is -0.369 e. The monoisotopic (exact) mass is 444 g/mol. The maximum Gasteiger partial charge on any atom is 0.235 e. The van der Waals surface area contributed by atoms with Gasteiger partial charge in [0.25, 0.3) is 0 Å². The fourth-order valence-corrected chi connectivity index (χ4v) is 5.50. The average molecular weight is 445 g/mol. The van der Waals surface area contributed by atoms with E-state index >= 15 is 0 Å². The summed E-state index contributed by atoms with van der Waals surface area (Å²) in [6, 6.07) is 21.8. The second kappa shape index (κ2) is 11.3. The normalized spacial score (nSPS) is 22.5. The van der Waals surface area contributed by atoms with Crippen LogP contribution in [0.15, 0.2) is 54.6 Å². The molecule has 1 heterocycles. The number of anilines is 1. The van der Waals surface area contributed by atoms with Crippen LogP contribution in [0.1, 0.15) is 43.2 Å². The van der Waals surface area contributed by atoms with E-state index in [1.54, 1.807) is 0 Å². The molecule has 0 aromatic heterocycles. The lowest BCUT2D eigenvalue weighted by Crippen LogP contribution is -2.47. The van der Waals surface area contributed by atoms with Crippen LogP contribution in [0.3, 0.4) is 0 Å². The van der Waals surface area contributed by atoms with Gasteiger partial charge in [-0.25, -0.2) is 0 Å². The van der Waals surface area contributed by atoms with Crippen molar-refractivity contribution in [1.29, 1.82) is 5.26 Å². The van der Waals surface area contributed by atoms with Crippen LogP contribution in [0.2, 0.25) is 0 Å². The maximum atomic E-state index is 11.5. The second-order valence-corrected chi connectivity index (χ2v) is 9.74. The summed E-state index contributed by atoms with van der Waals surface area (Å²) in [5.41, 5.74) is 9.45. The van der Waals surface area contributed by atoms with Crippen molar-refractivity contribution >= 4 is 11.6 Å². The van der Waals surface area contributed by atoms with Crippen LogP contribution in [0, 0.1) is 29.1 Å². The number of nitriles is 1. The van der Waals surface area contributed by atoms with E-state index < -0.39 is 11.8 Å². The molecule has 1 atom stereocenters. The molecule has 1 saturated carbocycles. The lowest BCUT2D eigenvalue weighted by molar-refractivity contribution is -0.122. The van der Waals surface area contributed by atoms with E-state index in [9.17, 15) is 10.1 Å². The molecule has 33 heavy (non-hydrogen) atoms. The SMILES string of the molecule is N#CC(C(N)=O)C1CCC(CCN2CCN(c3cccc(Cc4ccccc4)c3)CC2)CC1.